The van der Waals surface area contributed by atoms with Gasteiger partial charge in [0.05, 0.1) is 10.6 Å². The second kappa shape index (κ2) is 14.8. The van der Waals surface area contributed by atoms with Crippen LogP contribution in [0.25, 0.3) is 0 Å². The third-order valence-electron chi connectivity index (χ3n) is 7.12. The zero-order chi connectivity index (χ0) is 31.7. The molecule has 0 aliphatic heterocycles. The van der Waals surface area contributed by atoms with Gasteiger partial charge in [0, 0.05) is 19.5 Å². The lowest BCUT2D eigenvalue weighted by molar-refractivity contribution is -0.140. The SMILES string of the molecule is Cc1cccc(CN(C(=O)CN(c2ccccc2F)S(=O)(=O)c2ccccc2)[C@H](Cc2ccccc2)C(=O)NCC(C)C)c1. The smallest absolute Gasteiger partial charge is 0.264 e. The molecule has 0 radical (unpaired) electrons. The van der Waals surface area contributed by atoms with E-state index in [1.807, 2.05) is 75.4 Å². The number of para-hydroxylation sites is 1. The Morgan fingerprint density at radius 3 is 2.07 bits per heavy atom. The summed E-state index contributed by atoms with van der Waals surface area (Å²) in [5.74, 6) is -1.62. The Kier molecular flexibility index (Phi) is 10.9. The van der Waals surface area contributed by atoms with Gasteiger partial charge in [0.1, 0.15) is 18.4 Å². The molecule has 0 aliphatic rings. The Labute approximate surface area is 259 Å². The van der Waals surface area contributed by atoms with Crippen LogP contribution < -0.4 is 9.62 Å². The number of aryl methyl sites for hydroxylation is 1. The van der Waals surface area contributed by atoms with E-state index in [0.717, 1.165) is 27.1 Å². The molecule has 0 heterocycles. The first-order valence-corrected chi connectivity index (χ1v) is 16.0. The summed E-state index contributed by atoms with van der Waals surface area (Å²) in [5.41, 5.74) is 2.32. The highest BCUT2D eigenvalue weighted by Crippen LogP contribution is 2.27. The van der Waals surface area contributed by atoms with E-state index in [0.29, 0.717) is 6.54 Å². The number of amides is 2. The first-order chi connectivity index (χ1) is 21.1. The number of benzene rings is 4. The minimum absolute atomic E-state index is 0.0452. The average molecular weight is 616 g/mol. The van der Waals surface area contributed by atoms with E-state index in [-0.39, 0.29) is 35.4 Å². The van der Waals surface area contributed by atoms with Gasteiger partial charge >= 0.3 is 0 Å². The van der Waals surface area contributed by atoms with Crippen LogP contribution in [0.2, 0.25) is 0 Å². The Bertz CT molecular complexity index is 1660. The molecular formula is C35H38FN3O4S. The second-order valence-corrected chi connectivity index (χ2v) is 13.0. The number of carbonyl (C=O) groups is 2. The molecule has 230 valence electrons. The van der Waals surface area contributed by atoms with E-state index in [2.05, 4.69) is 5.32 Å². The van der Waals surface area contributed by atoms with E-state index >= 15 is 4.39 Å². The first kappa shape index (κ1) is 32.4. The number of nitrogens with zero attached hydrogens (tertiary/aromatic N) is 2. The summed E-state index contributed by atoms with van der Waals surface area (Å²) in [6.45, 7) is 5.61. The first-order valence-electron chi connectivity index (χ1n) is 14.5. The van der Waals surface area contributed by atoms with Crippen molar-refractivity contribution in [2.45, 2.75) is 44.7 Å². The molecule has 0 bridgehead atoms. The fraction of sp³-hybridized carbons (Fsp3) is 0.257. The number of sulfonamides is 1. The van der Waals surface area contributed by atoms with Crippen molar-refractivity contribution in [1.82, 2.24) is 10.2 Å². The zero-order valence-corrected chi connectivity index (χ0v) is 26.0. The highest BCUT2D eigenvalue weighted by atomic mass is 32.2. The van der Waals surface area contributed by atoms with E-state index < -0.39 is 34.3 Å². The average Bonchev–Trinajstić information content (AvgIpc) is 3.01. The molecule has 4 aromatic rings. The molecule has 0 fully saturated rings. The van der Waals surface area contributed by atoms with Crippen LogP contribution in [0.4, 0.5) is 10.1 Å². The van der Waals surface area contributed by atoms with Crippen molar-refractivity contribution in [1.29, 1.82) is 0 Å². The molecular weight excluding hydrogens is 577 g/mol. The van der Waals surface area contributed by atoms with Gasteiger partial charge in [-0.05, 0) is 48.2 Å². The van der Waals surface area contributed by atoms with Crippen LogP contribution >= 0.6 is 0 Å². The lowest BCUT2D eigenvalue weighted by Crippen LogP contribution is -2.53. The quantitative estimate of drug-likeness (QED) is 0.208. The topological polar surface area (TPSA) is 86.8 Å². The van der Waals surface area contributed by atoms with Crippen LogP contribution in [0.5, 0.6) is 0 Å². The summed E-state index contributed by atoms with van der Waals surface area (Å²) in [7, 11) is -4.37. The summed E-state index contributed by atoms with van der Waals surface area (Å²) < 4.78 is 43.8. The predicted octanol–water partition coefficient (Wildman–Crippen LogP) is 5.74. The third-order valence-corrected chi connectivity index (χ3v) is 8.90. The van der Waals surface area contributed by atoms with E-state index in [1.54, 1.807) is 18.2 Å². The molecule has 1 N–H and O–H groups in total. The van der Waals surface area contributed by atoms with E-state index in [4.69, 9.17) is 0 Å². The number of hydrogen-bond acceptors (Lipinski definition) is 4. The Morgan fingerprint density at radius 2 is 1.43 bits per heavy atom. The van der Waals surface area contributed by atoms with Gasteiger partial charge in [-0.3, -0.25) is 13.9 Å². The number of carbonyl (C=O) groups excluding carboxylic acids is 2. The molecule has 7 nitrogen and oxygen atoms in total. The fourth-order valence-electron chi connectivity index (χ4n) is 4.87. The Hall–Kier alpha value is -4.50. The van der Waals surface area contributed by atoms with Crippen LogP contribution in [0, 0.1) is 18.7 Å². The van der Waals surface area contributed by atoms with Gasteiger partial charge in [0.2, 0.25) is 11.8 Å². The van der Waals surface area contributed by atoms with Crippen LogP contribution in [-0.4, -0.2) is 44.3 Å². The van der Waals surface area contributed by atoms with E-state index in [9.17, 15) is 18.0 Å². The number of anilines is 1. The highest BCUT2D eigenvalue weighted by Gasteiger charge is 2.35. The van der Waals surface area contributed by atoms with Crippen LogP contribution in [0.1, 0.15) is 30.5 Å². The molecule has 9 heteroatoms. The summed E-state index contributed by atoms with van der Waals surface area (Å²) in [4.78, 5) is 29.5. The van der Waals surface area contributed by atoms with Crippen molar-refractivity contribution in [3.05, 3.63) is 132 Å². The normalized spacial score (nSPS) is 12.0. The minimum atomic E-state index is -4.37. The Balaban J connectivity index is 1.80. The summed E-state index contributed by atoms with van der Waals surface area (Å²) >= 11 is 0. The molecule has 4 rings (SSSR count). The molecule has 0 aliphatic carbocycles. The van der Waals surface area contributed by atoms with Crippen molar-refractivity contribution in [2.75, 3.05) is 17.4 Å². The third kappa shape index (κ3) is 8.32. The number of hydrogen-bond donors (Lipinski definition) is 1. The van der Waals surface area contributed by atoms with Gasteiger partial charge in [-0.2, -0.15) is 0 Å². The molecule has 0 saturated heterocycles. The number of nitrogens with one attached hydrogen (secondary N) is 1. The molecule has 44 heavy (non-hydrogen) atoms. The van der Waals surface area contributed by atoms with Crippen molar-refractivity contribution < 1.29 is 22.4 Å². The standard InChI is InChI=1S/C35H38FN3O4S/c1-26(2)23-37-35(41)33(22-28-14-6-4-7-15-28)38(24-29-16-12-13-27(3)21-29)34(40)25-39(32-20-11-10-19-31(32)36)44(42,43)30-17-8-5-9-18-30/h4-21,26,33H,22-25H2,1-3H3,(H,37,41)/t33-/m1/s1. The van der Waals surface area contributed by atoms with Gasteiger partial charge in [-0.25, -0.2) is 12.8 Å². The summed E-state index contributed by atoms with van der Waals surface area (Å²) in [6.07, 6.45) is 0.202. The summed E-state index contributed by atoms with van der Waals surface area (Å²) in [5, 5.41) is 2.96. The summed E-state index contributed by atoms with van der Waals surface area (Å²) in [6, 6.07) is 29.0. The predicted molar refractivity (Wildman–Crippen MR) is 171 cm³/mol. The highest BCUT2D eigenvalue weighted by molar-refractivity contribution is 7.92. The number of rotatable bonds is 13. The van der Waals surface area contributed by atoms with Gasteiger partial charge in [-0.15, -0.1) is 0 Å². The van der Waals surface area contributed by atoms with Crippen LogP contribution in [0.3, 0.4) is 0 Å². The molecule has 0 unspecified atom stereocenters. The van der Waals surface area contributed by atoms with Crippen molar-refractivity contribution in [2.24, 2.45) is 5.92 Å². The van der Waals surface area contributed by atoms with Crippen LogP contribution in [-0.2, 0) is 32.6 Å². The van der Waals surface area contributed by atoms with Crippen LogP contribution in [0.15, 0.2) is 114 Å². The maximum Gasteiger partial charge on any atom is 0.264 e. The molecule has 2 amide bonds. The van der Waals surface area contributed by atoms with Gasteiger partial charge < -0.3 is 10.2 Å². The second-order valence-electron chi connectivity index (χ2n) is 11.1. The monoisotopic (exact) mass is 615 g/mol. The van der Waals surface area contributed by atoms with Crippen molar-refractivity contribution in [3.63, 3.8) is 0 Å². The molecule has 1 atom stereocenters. The lowest BCUT2D eigenvalue weighted by Gasteiger charge is -2.34. The minimum Gasteiger partial charge on any atom is -0.354 e. The zero-order valence-electron chi connectivity index (χ0n) is 25.2. The van der Waals surface area contributed by atoms with Gasteiger partial charge in [0.25, 0.3) is 10.0 Å². The molecule has 0 aromatic heterocycles. The maximum atomic E-state index is 15.2. The lowest BCUT2D eigenvalue weighted by atomic mass is 10.0. The van der Waals surface area contributed by atoms with Crippen molar-refractivity contribution >= 4 is 27.5 Å². The van der Waals surface area contributed by atoms with E-state index in [1.165, 1.54) is 35.2 Å². The van der Waals surface area contributed by atoms with Crippen molar-refractivity contribution in [3.8, 4) is 0 Å². The van der Waals surface area contributed by atoms with Gasteiger partial charge in [0.15, 0.2) is 0 Å². The molecule has 4 aromatic carbocycles. The largest absolute Gasteiger partial charge is 0.354 e. The van der Waals surface area contributed by atoms with Gasteiger partial charge in [-0.1, -0.05) is 104 Å². The number of halogens is 1. The Morgan fingerprint density at radius 1 is 0.818 bits per heavy atom. The maximum absolute atomic E-state index is 15.2. The molecule has 0 spiro atoms. The molecule has 0 saturated carbocycles. The fourth-order valence-corrected chi connectivity index (χ4v) is 6.31.